The van der Waals surface area contributed by atoms with E-state index in [1.807, 2.05) is 11.0 Å². The van der Waals surface area contributed by atoms with Crippen LogP contribution in [0.5, 0.6) is 0 Å². The van der Waals surface area contributed by atoms with Crippen LogP contribution in [0.25, 0.3) is 0 Å². The van der Waals surface area contributed by atoms with Gasteiger partial charge in [-0.2, -0.15) is 0 Å². The Kier molecular flexibility index (Phi) is 2.21. The van der Waals surface area contributed by atoms with Crippen molar-refractivity contribution in [3.63, 3.8) is 0 Å². The molecule has 0 spiro atoms. The number of allylic oxidation sites excluding steroid dienone is 2. The molecule has 0 bridgehead atoms. The lowest BCUT2D eigenvalue weighted by molar-refractivity contribution is -0.128. The summed E-state index contributed by atoms with van der Waals surface area (Å²) in [5, 5.41) is 0. The molecule has 0 aromatic carbocycles. The number of hydrogen-bond acceptors (Lipinski definition) is 1. The molecular formula is C11H15NO. The first kappa shape index (κ1) is 8.54. The van der Waals surface area contributed by atoms with Gasteiger partial charge in [0, 0.05) is 18.2 Å². The third-order valence-corrected chi connectivity index (χ3v) is 2.86. The molecule has 13 heavy (non-hydrogen) atoms. The van der Waals surface area contributed by atoms with Crippen LogP contribution in [-0.4, -0.2) is 16.8 Å². The zero-order valence-electron chi connectivity index (χ0n) is 7.83. The molecular weight excluding hydrogens is 162 g/mol. The lowest BCUT2D eigenvalue weighted by atomic mass is 10.0. The van der Waals surface area contributed by atoms with E-state index >= 15 is 0 Å². The van der Waals surface area contributed by atoms with Crippen molar-refractivity contribution in [3.8, 4) is 0 Å². The first-order chi connectivity index (χ1) is 6.33. The summed E-state index contributed by atoms with van der Waals surface area (Å²) in [5.41, 5.74) is 1.25. The normalized spacial score (nSPS) is 27.1. The lowest BCUT2D eigenvalue weighted by Crippen LogP contribution is -2.36. The molecule has 2 nitrogen and oxygen atoms in total. The van der Waals surface area contributed by atoms with Crippen molar-refractivity contribution in [1.82, 2.24) is 4.90 Å². The van der Waals surface area contributed by atoms with Crippen LogP contribution >= 0.6 is 0 Å². The minimum Gasteiger partial charge on any atom is -0.313 e. The zero-order valence-corrected chi connectivity index (χ0v) is 7.83. The Labute approximate surface area is 78.9 Å². The summed E-state index contributed by atoms with van der Waals surface area (Å²) >= 11 is 0. The molecule has 1 fully saturated rings. The standard InChI is InChI=1S/C11H15NO/c1-2-4-9-5-3-6-10-7-8-11(13)12(9)10/h2,6,9H,1,3-5,7-8H2/t9-/m0/s1. The zero-order chi connectivity index (χ0) is 9.26. The van der Waals surface area contributed by atoms with Gasteiger partial charge in [0.15, 0.2) is 0 Å². The van der Waals surface area contributed by atoms with Crippen molar-refractivity contribution in [1.29, 1.82) is 0 Å². The van der Waals surface area contributed by atoms with Crippen LogP contribution in [0.15, 0.2) is 24.4 Å². The quantitative estimate of drug-likeness (QED) is 0.592. The Balaban J connectivity index is 2.19. The summed E-state index contributed by atoms with van der Waals surface area (Å²) in [6.07, 6.45) is 8.94. The number of amides is 1. The predicted octanol–water partition coefficient (Wildman–Crippen LogP) is 2.23. The molecule has 2 aliphatic heterocycles. The average molecular weight is 177 g/mol. The van der Waals surface area contributed by atoms with Gasteiger partial charge in [0.1, 0.15) is 0 Å². The molecule has 70 valence electrons. The molecule has 0 aromatic rings. The van der Waals surface area contributed by atoms with E-state index in [1.54, 1.807) is 0 Å². The highest BCUT2D eigenvalue weighted by molar-refractivity contribution is 5.81. The molecule has 0 radical (unpaired) electrons. The number of carbonyl (C=O) groups is 1. The van der Waals surface area contributed by atoms with Crippen molar-refractivity contribution in [2.45, 2.75) is 38.1 Å². The van der Waals surface area contributed by atoms with E-state index in [0.717, 1.165) is 25.7 Å². The van der Waals surface area contributed by atoms with Gasteiger partial charge in [0.25, 0.3) is 0 Å². The second kappa shape index (κ2) is 3.36. The van der Waals surface area contributed by atoms with Gasteiger partial charge < -0.3 is 4.90 Å². The second-order valence-electron chi connectivity index (χ2n) is 3.71. The van der Waals surface area contributed by atoms with Crippen LogP contribution in [0.1, 0.15) is 32.1 Å². The van der Waals surface area contributed by atoms with E-state index in [-0.39, 0.29) is 0 Å². The van der Waals surface area contributed by atoms with Gasteiger partial charge in [-0.05, 0) is 25.7 Å². The van der Waals surface area contributed by atoms with Gasteiger partial charge in [0.05, 0.1) is 0 Å². The third-order valence-electron chi connectivity index (χ3n) is 2.86. The van der Waals surface area contributed by atoms with E-state index in [9.17, 15) is 4.79 Å². The van der Waals surface area contributed by atoms with E-state index < -0.39 is 0 Å². The maximum Gasteiger partial charge on any atom is 0.227 e. The first-order valence-electron chi connectivity index (χ1n) is 4.95. The summed E-state index contributed by atoms with van der Waals surface area (Å²) in [7, 11) is 0. The molecule has 2 rings (SSSR count). The van der Waals surface area contributed by atoms with Gasteiger partial charge in [0.2, 0.25) is 5.91 Å². The van der Waals surface area contributed by atoms with Crippen molar-refractivity contribution in [2.24, 2.45) is 0 Å². The highest BCUT2D eigenvalue weighted by Gasteiger charge is 2.32. The summed E-state index contributed by atoms with van der Waals surface area (Å²) in [6.45, 7) is 3.74. The molecule has 1 atom stereocenters. The van der Waals surface area contributed by atoms with Crippen LogP contribution in [0.4, 0.5) is 0 Å². The van der Waals surface area contributed by atoms with Crippen LogP contribution in [-0.2, 0) is 4.79 Å². The second-order valence-corrected chi connectivity index (χ2v) is 3.71. The summed E-state index contributed by atoms with van der Waals surface area (Å²) in [4.78, 5) is 13.5. The molecule has 1 saturated heterocycles. The number of rotatable bonds is 2. The number of hydrogen-bond donors (Lipinski definition) is 0. The van der Waals surface area contributed by atoms with Gasteiger partial charge in [-0.3, -0.25) is 4.79 Å². The van der Waals surface area contributed by atoms with Gasteiger partial charge in [-0.25, -0.2) is 0 Å². The smallest absolute Gasteiger partial charge is 0.227 e. The molecule has 0 N–H and O–H groups in total. The Morgan fingerprint density at radius 2 is 2.46 bits per heavy atom. The van der Waals surface area contributed by atoms with E-state index in [4.69, 9.17) is 0 Å². The van der Waals surface area contributed by atoms with Gasteiger partial charge >= 0.3 is 0 Å². The number of fused-ring (bicyclic) bond motifs is 1. The Morgan fingerprint density at radius 3 is 3.23 bits per heavy atom. The summed E-state index contributed by atoms with van der Waals surface area (Å²) in [5.74, 6) is 0.304. The van der Waals surface area contributed by atoms with Crippen LogP contribution < -0.4 is 0 Å². The fourth-order valence-electron chi connectivity index (χ4n) is 2.26. The lowest BCUT2D eigenvalue weighted by Gasteiger charge is -2.31. The molecule has 2 heteroatoms. The van der Waals surface area contributed by atoms with E-state index in [2.05, 4.69) is 12.7 Å². The highest BCUT2D eigenvalue weighted by atomic mass is 16.2. The van der Waals surface area contributed by atoms with E-state index in [1.165, 1.54) is 5.70 Å². The van der Waals surface area contributed by atoms with Crippen LogP contribution in [0.3, 0.4) is 0 Å². The van der Waals surface area contributed by atoms with Crippen molar-refractivity contribution in [2.75, 3.05) is 0 Å². The minimum atomic E-state index is 0.304. The molecule has 0 unspecified atom stereocenters. The van der Waals surface area contributed by atoms with Gasteiger partial charge in [-0.15, -0.1) is 6.58 Å². The average Bonchev–Trinajstić information content (AvgIpc) is 2.50. The van der Waals surface area contributed by atoms with Crippen LogP contribution in [0.2, 0.25) is 0 Å². The van der Waals surface area contributed by atoms with Crippen LogP contribution in [0, 0.1) is 0 Å². The maximum absolute atomic E-state index is 11.5. The largest absolute Gasteiger partial charge is 0.313 e. The highest BCUT2D eigenvalue weighted by Crippen LogP contribution is 2.32. The molecule has 1 amide bonds. The molecule has 0 aliphatic carbocycles. The monoisotopic (exact) mass is 177 g/mol. The summed E-state index contributed by atoms with van der Waals surface area (Å²) < 4.78 is 0. The fourth-order valence-corrected chi connectivity index (χ4v) is 2.26. The Bertz CT molecular complexity index is 267. The molecule has 0 saturated carbocycles. The molecule has 2 heterocycles. The molecule has 0 aromatic heterocycles. The molecule has 2 aliphatic rings. The SMILES string of the molecule is C=CC[C@H]1CCC=C2CCC(=O)N21. The third kappa shape index (κ3) is 1.41. The summed E-state index contributed by atoms with van der Waals surface area (Å²) in [6, 6.07) is 0.396. The van der Waals surface area contributed by atoms with Gasteiger partial charge in [-0.1, -0.05) is 12.2 Å². The number of nitrogens with zero attached hydrogens (tertiary/aromatic N) is 1. The fraction of sp³-hybridized carbons (Fsp3) is 0.545. The maximum atomic E-state index is 11.5. The van der Waals surface area contributed by atoms with Crippen molar-refractivity contribution in [3.05, 3.63) is 24.4 Å². The Hall–Kier alpha value is -1.05. The predicted molar refractivity (Wildman–Crippen MR) is 52.0 cm³/mol. The number of carbonyl (C=O) groups excluding carboxylic acids is 1. The first-order valence-corrected chi connectivity index (χ1v) is 4.95. The topological polar surface area (TPSA) is 20.3 Å². The van der Waals surface area contributed by atoms with Crippen molar-refractivity contribution >= 4 is 5.91 Å². The Morgan fingerprint density at radius 1 is 1.62 bits per heavy atom. The van der Waals surface area contributed by atoms with Crippen molar-refractivity contribution < 1.29 is 4.79 Å². The van der Waals surface area contributed by atoms with E-state index in [0.29, 0.717) is 18.4 Å². The minimum absolute atomic E-state index is 0.304.